The molecule has 3 saturated heterocycles. The van der Waals surface area contributed by atoms with Crippen LogP contribution in [-0.4, -0.2) is 59.6 Å². The van der Waals surface area contributed by atoms with Crippen LogP contribution in [0.1, 0.15) is 28.2 Å². The second-order valence-corrected chi connectivity index (χ2v) is 9.53. The molecule has 2 bridgehead atoms. The van der Waals surface area contributed by atoms with Gasteiger partial charge in [0.25, 0.3) is 5.91 Å². The first kappa shape index (κ1) is 18.0. The lowest BCUT2D eigenvalue weighted by molar-refractivity contribution is -0.119. The van der Waals surface area contributed by atoms with Crippen LogP contribution in [0.25, 0.3) is 10.2 Å². The second kappa shape index (κ2) is 6.50. The van der Waals surface area contributed by atoms with Crippen LogP contribution in [0.2, 0.25) is 0 Å². The lowest BCUT2D eigenvalue weighted by atomic mass is 9.73. The van der Waals surface area contributed by atoms with Gasteiger partial charge >= 0.3 is 0 Å². The maximum absolute atomic E-state index is 12.7. The van der Waals surface area contributed by atoms with Gasteiger partial charge in [-0.15, -0.1) is 11.3 Å². The largest absolute Gasteiger partial charge is 0.370 e. The Morgan fingerprint density at radius 3 is 3.14 bits per heavy atom. The molecule has 0 aliphatic carbocycles. The number of ether oxygens (including phenoxy) is 1. The molecule has 4 atom stereocenters. The highest BCUT2D eigenvalue weighted by molar-refractivity contribution is 7.18. The van der Waals surface area contributed by atoms with E-state index in [9.17, 15) is 9.59 Å². The molecule has 8 heteroatoms. The van der Waals surface area contributed by atoms with Gasteiger partial charge in [-0.3, -0.25) is 14.5 Å². The van der Waals surface area contributed by atoms with Gasteiger partial charge in [-0.1, -0.05) is 0 Å². The van der Waals surface area contributed by atoms with Crippen LogP contribution < -0.4 is 11.1 Å². The van der Waals surface area contributed by atoms with Gasteiger partial charge in [0, 0.05) is 37.0 Å². The molecule has 2 amide bonds. The van der Waals surface area contributed by atoms with Crippen LogP contribution in [0.15, 0.2) is 18.2 Å². The second-order valence-electron chi connectivity index (χ2n) is 8.29. The first-order chi connectivity index (χ1) is 13.4. The van der Waals surface area contributed by atoms with Crippen molar-refractivity contribution in [3.05, 3.63) is 28.8 Å². The predicted octanol–water partition coefficient (Wildman–Crippen LogP) is 1.30. The van der Waals surface area contributed by atoms with Crippen LogP contribution >= 0.6 is 11.3 Å². The molecule has 1 spiro atoms. The van der Waals surface area contributed by atoms with E-state index in [1.54, 1.807) is 11.3 Å². The summed E-state index contributed by atoms with van der Waals surface area (Å²) < 4.78 is 7.39. The van der Waals surface area contributed by atoms with Gasteiger partial charge in [-0.05, 0) is 38.0 Å². The van der Waals surface area contributed by atoms with E-state index in [1.165, 1.54) is 0 Å². The number of benzene rings is 1. The Bertz CT molecular complexity index is 960. The summed E-state index contributed by atoms with van der Waals surface area (Å²) in [7, 11) is 0. The number of rotatable bonds is 5. The number of thiazole rings is 1. The normalized spacial score (nSPS) is 31.4. The number of nitrogens with zero attached hydrogens (tertiary/aromatic N) is 2. The van der Waals surface area contributed by atoms with Crippen LogP contribution in [0.5, 0.6) is 0 Å². The molecule has 28 heavy (non-hydrogen) atoms. The molecule has 148 valence electrons. The average molecular weight is 401 g/mol. The Kier molecular flexibility index (Phi) is 4.19. The fraction of sp³-hybridized carbons (Fsp3) is 0.550. The number of carbonyl (C=O) groups excluding carboxylic acids is 2. The summed E-state index contributed by atoms with van der Waals surface area (Å²) in [6, 6.07) is 5.65. The Hall–Kier alpha value is -2.03. The molecule has 7 nitrogen and oxygen atoms in total. The summed E-state index contributed by atoms with van der Waals surface area (Å²) in [6.45, 7) is 4.42. The van der Waals surface area contributed by atoms with Crippen molar-refractivity contribution < 1.29 is 14.3 Å². The van der Waals surface area contributed by atoms with Crippen LogP contribution in [-0.2, 0) is 9.53 Å². The highest BCUT2D eigenvalue weighted by Gasteiger charge is 2.62. The zero-order chi connectivity index (χ0) is 19.5. The number of amides is 2. The van der Waals surface area contributed by atoms with E-state index in [0.29, 0.717) is 18.0 Å². The molecule has 2 aromatic rings. The predicted molar refractivity (Wildman–Crippen MR) is 106 cm³/mol. The maximum Gasteiger partial charge on any atom is 0.251 e. The summed E-state index contributed by atoms with van der Waals surface area (Å²) in [6.07, 6.45) is 2.25. The Labute approximate surface area is 167 Å². The summed E-state index contributed by atoms with van der Waals surface area (Å²) >= 11 is 1.60. The van der Waals surface area contributed by atoms with E-state index in [2.05, 4.69) is 15.2 Å². The van der Waals surface area contributed by atoms with E-state index in [-0.39, 0.29) is 36.0 Å². The zero-order valence-electron chi connectivity index (χ0n) is 15.8. The molecule has 0 radical (unpaired) electrons. The molecule has 3 N–H and O–H groups in total. The minimum atomic E-state index is -0.301. The number of hydrogen-bond acceptors (Lipinski definition) is 6. The van der Waals surface area contributed by atoms with Crippen molar-refractivity contribution in [3.63, 3.8) is 0 Å². The van der Waals surface area contributed by atoms with Crippen molar-refractivity contribution in [2.75, 3.05) is 26.2 Å². The first-order valence-corrected chi connectivity index (χ1v) is 10.6. The number of nitrogens with two attached hydrogens (primary N) is 1. The number of aryl methyl sites for hydroxylation is 1. The minimum absolute atomic E-state index is 0.0586. The fourth-order valence-corrected chi connectivity index (χ4v) is 6.26. The van der Waals surface area contributed by atoms with Crippen molar-refractivity contribution in [2.24, 2.45) is 17.6 Å². The van der Waals surface area contributed by atoms with Gasteiger partial charge < -0.3 is 15.8 Å². The Morgan fingerprint density at radius 2 is 2.32 bits per heavy atom. The number of hydrogen-bond donors (Lipinski definition) is 2. The van der Waals surface area contributed by atoms with Crippen LogP contribution in [0, 0.1) is 18.8 Å². The summed E-state index contributed by atoms with van der Waals surface area (Å²) in [4.78, 5) is 30.6. The van der Waals surface area contributed by atoms with Crippen molar-refractivity contribution in [2.45, 2.75) is 31.5 Å². The monoisotopic (exact) mass is 400 g/mol. The average Bonchev–Trinajstić information content (AvgIpc) is 3.36. The SMILES string of the molecule is Cc1nc2ccc(C(=O)NC[C@H]3[C@H]4CN(CC(N)=O)C[C@]45CC[C@H]3O5)cc2s1. The first-order valence-electron chi connectivity index (χ1n) is 9.77. The van der Waals surface area contributed by atoms with Gasteiger partial charge in [-0.25, -0.2) is 4.98 Å². The molecular formula is C20H24N4O3S. The summed E-state index contributed by atoms with van der Waals surface area (Å²) in [5.74, 6) is 0.267. The molecule has 3 aliphatic rings. The number of primary amides is 1. The van der Waals surface area contributed by atoms with Gasteiger partial charge in [0.2, 0.25) is 5.91 Å². The molecule has 4 heterocycles. The highest BCUT2D eigenvalue weighted by Crippen LogP contribution is 2.54. The molecule has 0 unspecified atom stereocenters. The quantitative estimate of drug-likeness (QED) is 0.788. The maximum atomic E-state index is 12.7. The molecular weight excluding hydrogens is 376 g/mol. The number of fused-ring (bicyclic) bond motifs is 2. The van der Waals surface area contributed by atoms with E-state index >= 15 is 0 Å². The number of nitrogens with one attached hydrogen (secondary N) is 1. The number of aromatic nitrogens is 1. The minimum Gasteiger partial charge on any atom is -0.370 e. The Balaban J connectivity index is 1.27. The van der Waals surface area contributed by atoms with Crippen molar-refractivity contribution >= 4 is 33.4 Å². The smallest absolute Gasteiger partial charge is 0.251 e. The van der Waals surface area contributed by atoms with Crippen molar-refractivity contribution in [3.8, 4) is 0 Å². The zero-order valence-corrected chi connectivity index (χ0v) is 16.6. The Morgan fingerprint density at radius 1 is 1.46 bits per heavy atom. The van der Waals surface area contributed by atoms with E-state index in [1.807, 2.05) is 25.1 Å². The van der Waals surface area contributed by atoms with Gasteiger partial charge in [-0.2, -0.15) is 0 Å². The number of carbonyl (C=O) groups is 2. The molecule has 5 rings (SSSR count). The lowest BCUT2D eigenvalue weighted by Gasteiger charge is -2.29. The van der Waals surface area contributed by atoms with Gasteiger partial charge in [0.1, 0.15) is 0 Å². The third-order valence-electron chi connectivity index (χ3n) is 6.49. The highest BCUT2D eigenvalue weighted by atomic mass is 32.1. The third-order valence-corrected chi connectivity index (χ3v) is 7.42. The van der Waals surface area contributed by atoms with E-state index < -0.39 is 0 Å². The van der Waals surface area contributed by atoms with Crippen LogP contribution in [0.4, 0.5) is 0 Å². The number of likely N-dealkylation sites (tertiary alicyclic amines) is 1. The topological polar surface area (TPSA) is 97.5 Å². The molecule has 3 aliphatic heterocycles. The molecule has 1 aromatic carbocycles. The van der Waals surface area contributed by atoms with Crippen molar-refractivity contribution in [1.29, 1.82) is 0 Å². The molecule has 3 fully saturated rings. The van der Waals surface area contributed by atoms with Gasteiger partial charge in [0.05, 0.1) is 33.5 Å². The van der Waals surface area contributed by atoms with Crippen molar-refractivity contribution in [1.82, 2.24) is 15.2 Å². The summed E-state index contributed by atoms with van der Waals surface area (Å²) in [5, 5.41) is 4.12. The van der Waals surface area contributed by atoms with Gasteiger partial charge in [0.15, 0.2) is 0 Å². The van der Waals surface area contributed by atoms with E-state index in [0.717, 1.165) is 41.2 Å². The molecule has 1 aromatic heterocycles. The summed E-state index contributed by atoms with van der Waals surface area (Å²) in [5.41, 5.74) is 6.81. The third kappa shape index (κ3) is 2.91. The van der Waals surface area contributed by atoms with E-state index in [4.69, 9.17) is 10.5 Å². The lowest BCUT2D eigenvalue weighted by Crippen LogP contribution is -2.41. The standard InChI is InChI=1S/C20H24N4O3S/c1-11-23-15-3-2-12(6-17(15)28-11)19(26)22-7-13-14-8-24(9-18(21)25)10-20(14)5-4-16(13)27-20/h2-3,6,13-14,16H,4-5,7-10H2,1H3,(H2,21,25)(H,22,26)/t13-,14+,16+,20+/m0/s1. The van der Waals surface area contributed by atoms with Crippen LogP contribution in [0.3, 0.4) is 0 Å². The fourth-order valence-electron chi connectivity index (χ4n) is 5.39. The molecule has 0 saturated carbocycles.